The smallest absolute Gasteiger partial charge is 0.410 e. The standard InChI is InChI=1S/C27H35N7O13/c35-7-12-15(18(39)20(41)24(44-12)34-23-16-22(30-9-29-16)31-10-32-23)33-14(37)6-28-27(43)47-25(11-4-2-1-3-5-11)46-26-21(42)19(40)17(38)13(8-36)45-26/h1-5,9-10,12-13,15,17-21,24-26,35-36,38-42H,6-8H2,(H,28,43)(H,33,37)(H2,29,30,31,32,34)/t12-,13+,15-,17+,18+,19-,20-,21-,24-,25?,26+/m0/s1. The number of aromatic amines is 1. The van der Waals surface area contributed by atoms with Gasteiger partial charge in [-0.3, -0.25) is 4.79 Å². The van der Waals surface area contributed by atoms with Crippen molar-refractivity contribution in [1.82, 2.24) is 30.6 Å². The largest absolute Gasteiger partial charge is 0.415 e. The highest BCUT2D eigenvalue weighted by molar-refractivity contribution is 5.83. The van der Waals surface area contributed by atoms with Crippen molar-refractivity contribution < 1.29 is 64.3 Å². The van der Waals surface area contributed by atoms with E-state index in [4.69, 9.17) is 18.9 Å². The van der Waals surface area contributed by atoms with Crippen molar-refractivity contribution in [2.45, 2.75) is 67.6 Å². The van der Waals surface area contributed by atoms with Crippen LogP contribution in [0.15, 0.2) is 43.0 Å². The van der Waals surface area contributed by atoms with E-state index in [0.717, 1.165) is 0 Å². The topological polar surface area (TPSA) is 303 Å². The zero-order valence-corrected chi connectivity index (χ0v) is 24.4. The van der Waals surface area contributed by atoms with E-state index in [9.17, 15) is 45.3 Å². The Morgan fingerprint density at radius 3 is 2.36 bits per heavy atom. The van der Waals surface area contributed by atoms with Gasteiger partial charge in [0.05, 0.1) is 25.6 Å². The summed E-state index contributed by atoms with van der Waals surface area (Å²) >= 11 is 0. The van der Waals surface area contributed by atoms with E-state index in [2.05, 4.69) is 35.9 Å². The third kappa shape index (κ3) is 7.73. The fraction of sp³-hybridized carbons (Fsp3) is 0.519. The molecule has 47 heavy (non-hydrogen) atoms. The van der Waals surface area contributed by atoms with Crippen LogP contribution in [0.4, 0.5) is 10.6 Å². The third-order valence-electron chi connectivity index (χ3n) is 7.54. The molecular weight excluding hydrogens is 630 g/mol. The van der Waals surface area contributed by atoms with Gasteiger partial charge in [0.1, 0.15) is 61.1 Å². The van der Waals surface area contributed by atoms with Gasteiger partial charge in [-0.2, -0.15) is 0 Å². The minimum atomic E-state index is -1.78. The summed E-state index contributed by atoms with van der Waals surface area (Å²) in [5.41, 5.74) is 1.00. The van der Waals surface area contributed by atoms with Crippen molar-refractivity contribution in [1.29, 1.82) is 0 Å². The van der Waals surface area contributed by atoms with Gasteiger partial charge in [-0.25, -0.2) is 19.7 Å². The minimum Gasteiger partial charge on any atom is -0.415 e. The molecule has 0 aliphatic carbocycles. The number of amides is 2. The van der Waals surface area contributed by atoms with Crippen LogP contribution in [0.3, 0.4) is 0 Å². The first kappa shape index (κ1) is 34.3. The Hall–Kier alpha value is -4.09. The quantitative estimate of drug-likeness (QED) is 0.0868. The fourth-order valence-electron chi connectivity index (χ4n) is 5.04. The highest BCUT2D eigenvalue weighted by atomic mass is 16.8. The average molecular weight is 666 g/mol. The first-order chi connectivity index (χ1) is 22.6. The van der Waals surface area contributed by atoms with E-state index in [-0.39, 0.29) is 11.4 Å². The third-order valence-corrected chi connectivity index (χ3v) is 7.54. The maximum atomic E-state index is 12.8. The van der Waals surface area contributed by atoms with Gasteiger partial charge in [0, 0.05) is 5.56 Å². The maximum Gasteiger partial charge on any atom is 0.410 e. The number of nitrogens with zero attached hydrogens (tertiary/aromatic N) is 3. The summed E-state index contributed by atoms with van der Waals surface area (Å²) in [7, 11) is 0. The van der Waals surface area contributed by atoms with Crippen molar-refractivity contribution in [3.8, 4) is 0 Å². The molecule has 3 aromatic rings. The van der Waals surface area contributed by atoms with Crippen LogP contribution >= 0.6 is 0 Å². The van der Waals surface area contributed by atoms with Gasteiger partial charge in [0.15, 0.2) is 24.0 Å². The number of rotatable bonds is 11. The van der Waals surface area contributed by atoms with Crippen molar-refractivity contribution in [2.75, 3.05) is 25.1 Å². The molecule has 2 aliphatic heterocycles. The predicted octanol–water partition coefficient (Wildman–Crippen LogP) is -4.07. The molecule has 256 valence electrons. The summed E-state index contributed by atoms with van der Waals surface area (Å²) in [6.45, 7) is -2.07. The molecule has 4 heterocycles. The second-order valence-electron chi connectivity index (χ2n) is 10.7. The number of ether oxygens (including phenoxy) is 4. The van der Waals surface area contributed by atoms with Crippen LogP contribution in [0.2, 0.25) is 0 Å². The zero-order valence-electron chi connectivity index (χ0n) is 24.4. The number of anilines is 1. The van der Waals surface area contributed by atoms with Gasteiger partial charge in [-0.15, -0.1) is 0 Å². The molecule has 2 aliphatic rings. The Bertz CT molecular complexity index is 1480. The van der Waals surface area contributed by atoms with E-state index < -0.39 is 99.3 Å². The molecule has 2 saturated heterocycles. The number of nitrogens with one attached hydrogen (secondary N) is 4. The number of carbonyl (C=O) groups is 2. The van der Waals surface area contributed by atoms with E-state index in [1.54, 1.807) is 18.2 Å². The van der Waals surface area contributed by atoms with Crippen molar-refractivity contribution in [2.24, 2.45) is 0 Å². The molecular formula is C27H35N7O13. The molecule has 20 nitrogen and oxygen atoms in total. The highest BCUT2D eigenvalue weighted by Crippen LogP contribution is 2.29. The maximum absolute atomic E-state index is 12.8. The number of carbonyl (C=O) groups excluding carboxylic acids is 2. The first-order valence-corrected chi connectivity index (χ1v) is 14.4. The van der Waals surface area contributed by atoms with Crippen molar-refractivity contribution >= 4 is 29.0 Å². The second-order valence-corrected chi connectivity index (χ2v) is 10.7. The monoisotopic (exact) mass is 665 g/mol. The summed E-state index contributed by atoms with van der Waals surface area (Å²) in [4.78, 5) is 40.4. The number of hydrogen-bond donors (Lipinski definition) is 11. The number of fused-ring (bicyclic) bond motifs is 1. The second kappa shape index (κ2) is 15.2. The van der Waals surface area contributed by atoms with Gasteiger partial charge in [-0.1, -0.05) is 30.3 Å². The van der Waals surface area contributed by atoms with Crippen LogP contribution in [0.5, 0.6) is 0 Å². The van der Waals surface area contributed by atoms with Crippen molar-refractivity contribution in [3.63, 3.8) is 0 Å². The van der Waals surface area contributed by atoms with E-state index >= 15 is 0 Å². The molecule has 11 atom stereocenters. The molecule has 0 radical (unpaired) electrons. The van der Waals surface area contributed by atoms with Gasteiger partial charge in [-0.05, 0) is 0 Å². The first-order valence-electron chi connectivity index (χ1n) is 14.4. The van der Waals surface area contributed by atoms with Gasteiger partial charge >= 0.3 is 6.09 Å². The number of H-pyrrole nitrogens is 1. The number of hydrogen-bond acceptors (Lipinski definition) is 17. The summed E-state index contributed by atoms with van der Waals surface area (Å²) in [6.07, 6.45) is -13.9. The number of aromatic nitrogens is 4. The lowest BCUT2D eigenvalue weighted by Crippen LogP contribution is -2.66. The number of aliphatic hydroxyl groups is 7. The fourth-order valence-corrected chi connectivity index (χ4v) is 5.04. The lowest BCUT2D eigenvalue weighted by molar-refractivity contribution is -0.332. The van der Waals surface area contributed by atoms with Gasteiger partial charge in [0.2, 0.25) is 12.2 Å². The molecule has 1 unspecified atom stereocenters. The minimum absolute atomic E-state index is 0.204. The average Bonchev–Trinajstić information content (AvgIpc) is 3.57. The van der Waals surface area contributed by atoms with Crippen LogP contribution in [0.25, 0.3) is 11.2 Å². The van der Waals surface area contributed by atoms with E-state index in [1.807, 2.05) is 0 Å². The Morgan fingerprint density at radius 2 is 1.64 bits per heavy atom. The van der Waals surface area contributed by atoms with Crippen LogP contribution in [-0.2, 0) is 23.7 Å². The molecule has 2 fully saturated rings. The number of alkyl carbamates (subject to hydrolysis) is 1. The number of aliphatic hydroxyl groups excluding tert-OH is 7. The molecule has 2 aromatic heterocycles. The summed E-state index contributed by atoms with van der Waals surface area (Å²) in [6, 6.07) is 6.60. The summed E-state index contributed by atoms with van der Waals surface area (Å²) < 4.78 is 22.0. The zero-order chi connectivity index (χ0) is 33.7. The number of imidazole rings is 1. The Kier molecular flexibility index (Phi) is 11.1. The normalized spacial score (nSPS) is 31.6. The Morgan fingerprint density at radius 1 is 0.894 bits per heavy atom. The molecule has 2 amide bonds. The van der Waals surface area contributed by atoms with Gasteiger partial charge < -0.3 is 75.6 Å². The van der Waals surface area contributed by atoms with E-state index in [1.165, 1.54) is 24.8 Å². The lowest BCUT2D eigenvalue weighted by Gasteiger charge is -2.42. The van der Waals surface area contributed by atoms with Crippen LogP contribution in [0.1, 0.15) is 11.9 Å². The molecule has 1 aromatic carbocycles. The van der Waals surface area contributed by atoms with Crippen molar-refractivity contribution in [3.05, 3.63) is 48.5 Å². The highest BCUT2D eigenvalue weighted by Gasteiger charge is 2.46. The predicted molar refractivity (Wildman–Crippen MR) is 154 cm³/mol. The van der Waals surface area contributed by atoms with E-state index in [0.29, 0.717) is 11.2 Å². The molecule has 0 bridgehead atoms. The molecule has 5 rings (SSSR count). The molecule has 0 saturated carbocycles. The van der Waals surface area contributed by atoms with Gasteiger partial charge in [0.25, 0.3) is 0 Å². The van der Waals surface area contributed by atoms with Crippen LogP contribution in [-0.4, -0.2) is 149 Å². The molecule has 11 N–H and O–H groups in total. The van der Waals surface area contributed by atoms with Crippen LogP contribution in [0, 0.1) is 0 Å². The summed E-state index contributed by atoms with van der Waals surface area (Å²) in [5, 5.41) is 78.9. The van der Waals surface area contributed by atoms with Crippen LogP contribution < -0.4 is 16.0 Å². The Balaban J connectivity index is 1.17. The summed E-state index contributed by atoms with van der Waals surface area (Å²) in [5.74, 6) is -0.650. The lowest BCUT2D eigenvalue weighted by atomic mass is 9.95. The number of benzene rings is 1. The SMILES string of the molecule is O=C(CNC(=O)OC(O[C@H]1O[C@H](CO)[C@@H](O)[C@H](O)[C@@H]1O)c1ccccc1)N[C@@H]1[C@@H](O)[C@H](O)[C@@H](Nc2ncnc3nc[nH]c23)O[C@H]1CO. The molecule has 20 heteroatoms. The molecule has 0 spiro atoms. The Labute approximate surface area is 265 Å².